The summed E-state index contributed by atoms with van der Waals surface area (Å²) >= 11 is 0. The minimum Gasteiger partial charge on any atom is -0.335 e. The van der Waals surface area contributed by atoms with Gasteiger partial charge in [0.25, 0.3) is 0 Å². The van der Waals surface area contributed by atoms with E-state index in [0.29, 0.717) is 24.9 Å². The van der Waals surface area contributed by atoms with Gasteiger partial charge in [-0.3, -0.25) is 4.79 Å². The molecule has 1 aromatic carbocycles. The minimum absolute atomic E-state index is 0.151. The van der Waals surface area contributed by atoms with Crippen molar-refractivity contribution < 1.29 is 18.0 Å². The Kier molecular flexibility index (Phi) is 4.45. The Labute approximate surface area is 120 Å². The van der Waals surface area contributed by atoms with Gasteiger partial charge in [-0.1, -0.05) is 12.1 Å². The van der Waals surface area contributed by atoms with Crippen molar-refractivity contribution >= 4 is 5.78 Å². The number of halogens is 3. The average molecular weight is 296 g/mol. The van der Waals surface area contributed by atoms with Gasteiger partial charge in [0.05, 0.1) is 5.56 Å². The second kappa shape index (κ2) is 6.11. The highest BCUT2D eigenvalue weighted by Gasteiger charge is 2.30. The van der Waals surface area contributed by atoms with Gasteiger partial charge in [-0.25, -0.2) is 4.98 Å². The third-order valence-corrected chi connectivity index (χ3v) is 3.26. The Hall–Kier alpha value is -2.11. The van der Waals surface area contributed by atoms with Crippen molar-refractivity contribution in [3.8, 4) is 0 Å². The average Bonchev–Trinajstić information content (AvgIpc) is 2.83. The first-order valence-corrected chi connectivity index (χ1v) is 6.56. The molecule has 0 atom stereocenters. The molecule has 1 heterocycles. The van der Waals surface area contributed by atoms with E-state index in [4.69, 9.17) is 0 Å². The molecule has 2 aromatic rings. The predicted octanol–water partition coefficient (Wildman–Crippen LogP) is 3.87. The number of Topliss-reactive ketones (excluding diaryl/α,β-unsaturated/α-hetero) is 1. The van der Waals surface area contributed by atoms with Crippen LogP contribution >= 0.6 is 0 Å². The Morgan fingerprint density at radius 2 is 1.90 bits per heavy atom. The molecule has 0 bridgehead atoms. The number of nitrogens with zero attached hydrogens (tertiary/aromatic N) is 2. The van der Waals surface area contributed by atoms with Gasteiger partial charge in [0, 0.05) is 30.9 Å². The van der Waals surface area contributed by atoms with Crippen molar-refractivity contribution in [2.24, 2.45) is 0 Å². The monoisotopic (exact) mass is 296 g/mol. The van der Waals surface area contributed by atoms with Gasteiger partial charge in [-0.05, 0) is 25.5 Å². The van der Waals surface area contributed by atoms with Crippen molar-refractivity contribution in [3.63, 3.8) is 0 Å². The molecule has 3 nitrogen and oxygen atoms in total. The highest BCUT2D eigenvalue weighted by atomic mass is 19.4. The Balaban J connectivity index is 1.90. The number of rotatable bonds is 5. The number of aromatic nitrogens is 2. The van der Waals surface area contributed by atoms with E-state index in [9.17, 15) is 18.0 Å². The van der Waals surface area contributed by atoms with Crippen molar-refractivity contribution in [2.45, 2.75) is 32.5 Å². The quantitative estimate of drug-likeness (QED) is 0.785. The number of ketones is 1. The maximum atomic E-state index is 12.4. The van der Waals surface area contributed by atoms with Crippen molar-refractivity contribution in [2.75, 3.05) is 0 Å². The predicted molar refractivity (Wildman–Crippen MR) is 72.0 cm³/mol. The largest absolute Gasteiger partial charge is 0.416 e. The molecule has 0 spiro atoms. The number of carbonyl (C=O) groups excluding carboxylic acids is 1. The first-order chi connectivity index (χ1) is 9.88. The van der Waals surface area contributed by atoms with Gasteiger partial charge in [-0.2, -0.15) is 13.2 Å². The highest BCUT2D eigenvalue weighted by Crippen LogP contribution is 2.29. The standard InChI is InChI=1S/C15H15F3N2O/c1-11-19-8-10-20(11)9-2-3-14(21)12-4-6-13(7-5-12)15(16,17)18/h4-8,10H,2-3,9H2,1H3. The molecule has 6 heteroatoms. The number of aryl methyl sites for hydroxylation is 2. The topological polar surface area (TPSA) is 34.9 Å². The lowest BCUT2D eigenvalue weighted by molar-refractivity contribution is -0.137. The Bertz CT molecular complexity index is 615. The molecule has 0 unspecified atom stereocenters. The van der Waals surface area contributed by atoms with E-state index in [2.05, 4.69) is 4.98 Å². The summed E-state index contributed by atoms with van der Waals surface area (Å²) in [6.07, 6.45) is 0.0610. The molecule has 0 aliphatic carbocycles. The van der Waals surface area contributed by atoms with Crippen LogP contribution in [0, 0.1) is 6.92 Å². The van der Waals surface area contributed by atoms with Crippen LogP contribution in [0.2, 0.25) is 0 Å². The first-order valence-electron chi connectivity index (χ1n) is 6.56. The number of benzene rings is 1. The number of hydrogen-bond acceptors (Lipinski definition) is 2. The lowest BCUT2D eigenvalue weighted by Crippen LogP contribution is -2.07. The summed E-state index contributed by atoms with van der Waals surface area (Å²) in [4.78, 5) is 16.0. The Morgan fingerprint density at radius 1 is 1.24 bits per heavy atom. The summed E-state index contributed by atoms with van der Waals surface area (Å²) in [6.45, 7) is 2.54. The number of alkyl halides is 3. The maximum absolute atomic E-state index is 12.4. The van der Waals surface area contributed by atoms with Gasteiger partial charge in [0.2, 0.25) is 0 Å². The second-order valence-electron chi connectivity index (χ2n) is 4.77. The first kappa shape index (κ1) is 15.3. The molecule has 21 heavy (non-hydrogen) atoms. The van der Waals surface area contributed by atoms with Crippen LogP contribution in [0.15, 0.2) is 36.7 Å². The summed E-state index contributed by atoms with van der Waals surface area (Å²) in [7, 11) is 0. The number of hydrogen-bond donors (Lipinski definition) is 0. The molecule has 0 N–H and O–H groups in total. The molecular formula is C15H15F3N2O. The van der Waals surface area contributed by atoms with Gasteiger partial charge in [0.1, 0.15) is 5.82 Å². The summed E-state index contributed by atoms with van der Waals surface area (Å²) in [5.41, 5.74) is -0.432. The zero-order valence-electron chi connectivity index (χ0n) is 11.5. The van der Waals surface area contributed by atoms with Crippen LogP contribution in [-0.2, 0) is 12.7 Å². The molecule has 0 aliphatic heterocycles. The fourth-order valence-corrected chi connectivity index (χ4v) is 2.04. The van der Waals surface area contributed by atoms with E-state index in [1.807, 2.05) is 17.7 Å². The molecule has 0 fully saturated rings. The molecular weight excluding hydrogens is 281 g/mol. The molecule has 1 aromatic heterocycles. The van der Waals surface area contributed by atoms with Crippen LogP contribution in [0.3, 0.4) is 0 Å². The fourth-order valence-electron chi connectivity index (χ4n) is 2.04. The molecule has 0 radical (unpaired) electrons. The number of imidazole rings is 1. The highest BCUT2D eigenvalue weighted by molar-refractivity contribution is 5.96. The van der Waals surface area contributed by atoms with E-state index in [1.54, 1.807) is 6.20 Å². The smallest absolute Gasteiger partial charge is 0.335 e. The zero-order valence-corrected chi connectivity index (χ0v) is 11.5. The molecule has 112 valence electrons. The lowest BCUT2D eigenvalue weighted by atomic mass is 10.0. The Morgan fingerprint density at radius 3 is 2.43 bits per heavy atom. The second-order valence-corrected chi connectivity index (χ2v) is 4.77. The molecule has 0 aliphatic rings. The van der Waals surface area contributed by atoms with E-state index >= 15 is 0 Å². The van der Waals surface area contributed by atoms with E-state index in [-0.39, 0.29) is 5.78 Å². The molecule has 0 amide bonds. The molecule has 2 rings (SSSR count). The van der Waals surface area contributed by atoms with Crippen molar-refractivity contribution in [1.29, 1.82) is 0 Å². The summed E-state index contributed by atoms with van der Waals surface area (Å²) < 4.78 is 39.2. The van der Waals surface area contributed by atoms with Crippen LogP contribution < -0.4 is 0 Å². The van der Waals surface area contributed by atoms with E-state index < -0.39 is 11.7 Å². The zero-order chi connectivity index (χ0) is 15.5. The SMILES string of the molecule is Cc1nccn1CCCC(=O)c1ccc(C(F)(F)F)cc1. The third-order valence-electron chi connectivity index (χ3n) is 3.26. The van der Waals surface area contributed by atoms with Crippen LogP contribution in [0.1, 0.15) is 34.6 Å². The molecule has 0 saturated carbocycles. The number of carbonyl (C=O) groups is 1. The normalized spacial score (nSPS) is 11.6. The molecule has 0 saturated heterocycles. The van der Waals surface area contributed by atoms with Gasteiger partial charge < -0.3 is 4.57 Å². The van der Waals surface area contributed by atoms with Crippen LogP contribution in [-0.4, -0.2) is 15.3 Å². The van der Waals surface area contributed by atoms with Crippen molar-refractivity contribution in [3.05, 3.63) is 53.6 Å². The summed E-state index contributed by atoms with van der Waals surface area (Å²) in [5, 5.41) is 0. The van der Waals surface area contributed by atoms with Crippen LogP contribution in [0.25, 0.3) is 0 Å². The van der Waals surface area contributed by atoms with E-state index in [0.717, 1.165) is 18.0 Å². The minimum atomic E-state index is -4.37. The summed E-state index contributed by atoms with van der Waals surface area (Å²) in [5.74, 6) is 0.721. The lowest BCUT2D eigenvalue weighted by Gasteiger charge is -2.07. The van der Waals surface area contributed by atoms with Crippen LogP contribution in [0.4, 0.5) is 13.2 Å². The fraction of sp³-hybridized carbons (Fsp3) is 0.333. The van der Waals surface area contributed by atoms with E-state index in [1.165, 1.54) is 12.1 Å². The summed E-state index contributed by atoms with van der Waals surface area (Å²) in [6, 6.07) is 4.34. The third kappa shape index (κ3) is 3.93. The van der Waals surface area contributed by atoms with Gasteiger partial charge >= 0.3 is 6.18 Å². The van der Waals surface area contributed by atoms with Crippen molar-refractivity contribution in [1.82, 2.24) is 9.55 Å². The van der Waals surface area contributed by atoms with Gasteiger partial charge in [-0.15, -0.1) is 0 Å². The van der Waals surface area contributed by atoms with Gasteiger partial charge in [0.15, 0.2) is 5.78 Å². The maximum Gasteiger partial charge on any atom is 0.416 e. The van der Waals surface area contributed by atoms with Crippen LogP contribution in [0.5, 0.6) is 0 Å².